The maximum atomic E-state index is 14.5. The van der Waals surface area contributed by atoms with Gasteiger partial charge in [0.05, 0.1) is 35.6 Å². The standard InChI is InChI=1S/C41H55N5O9S/c1-13-17-41(53-32(47)16-18-46(42)38(51)55-40(8,9)10)29-20-31-33-27(21-45(31)35(48)28(29)22-52-36(41)49)34(56(11,12)24(4)23(2)3)26-19-25(14-15-30(26)44-33)43-37(50)54-39(5,6)7/h14-15,19-20,23-24,32,42,46-47H,16,18,21-22H2,1-12H3,(H,43,50)/t24?,32?,41-/m0/s1. The van der Waals surface area contributed by atoms with E-state index in [-0.39, 0.29) is 47.5 Å². The van der Waals surface area contributed by atoms with Crippen LogP contribution in [0.1, 0.15) is 92.3 Å². The summed E-state index contributed by atoms with van der Waals surface area (Å²) in [6.07, 6.45) is 1.17. The van der Waals surface area contributed by atoms with Crippen molar-refractivity contribution in [3.63, 3.8) is 0 Å². The Kier molecular flexibility index (Phi) is 11.8. The number of ether oxygens (including phenoxy) is 4. The van der Waals surface area contributed by atoms with Crippen molar-refractivity contribution < 1.29 is 43.4 Å². The number of nitrogens with one attached hydrogen (secondary N) is 3. The first-order chi connectivity index (χ1) is 25.9. The number of alkyl carbamates (subject to hydrolysis) is 1. The highest BCUT2D eigenvalue weighted by Gasteiger charge is 2.50. The molecule has 2 aliphatic heterocycles. The molecule has 2 aliphatic rings. The summed E-state index contributed by atoms with van der Waals surface area (Å²) >= 11 is 0. The summed E-state index contributed by atoms with van der Waals surface area (Å²) in [6.45, 7) is 18.2. The average Bonchev–Trinajstić information content (AvgIpc) is 3.44. The molecule has 4 N–H and O–H groups in total. The molecule has 2 aromatic heterocycles. The molecule has 0 saturated carbocycles. The van der Waals surface area contributed by atoms with Crippen LogP contribution in [0.4, 0.5) is 15.3 Å². The molecule has 14 nitrogen and oxygen atoms in total. The molecule has 0 fully saturated rings. The van der Waals surface area contributed by atoms with Gasteiger partial charge in [0, 0.05) is 33.5 Å². The van der Waals surface area contributed by atoms with Crippen LogP contribution in [-0.4, -0.2) is 74.6 Å². The van der Waals surface area contributed by atoms with Gasteiger partial charge in [-0.05, 0) is 96.4 Å². The van der Waals surface area contributed by atoms with Gasteiger partial charge in [-0.25, -0.2) is 24.6 Å². The van der Waals surface area contributed by atoms with E-state index in [0.29, 0.717) is 28.5 Å². The second-order valence-corrected chi connectivity index (χ2v) is 21.0. The third kappa shape index (κ3) is 8.45. The Morgan fingerprint density at radius 3 is 2.36 bits per heavy atom. The van der Waals surface area contributed by atoms with Crippen molar-refractivity contribution in [1.82, 2.24) is 9.55 Å². The molecule has 1 aromatic carbocycles. The molecule has 5 rings (SSSR count). The maximum Gasteiger partial charge on any atom is 0.505 e. The van der Waals surface area contributed by atoms with Crippen LogP contribution in [-0.2, 0) is 42.5 Å². The Bertz CT molecular complexity index is 2190. The number of anilines is 1. The number of hydrogen-bond donors (Lipinski definition) is 3. The number of pyridine rings is 2. The second-order valence-electron chi connectivity index (χ2n) is 17.0. The van der Waals surface area contributed by atoms with Crippen molar-refractivity contribution in [2.75, 3.05) is 24.4 Å². The predicted octanol–water partition coefficient (Wildman–Crippen LogP) is 6.03. The summed E-state index contributed by atoms with van der Waals surface area (Å²) in [5, 5.41) is 14.7. The van der Waals surface area contributed by atoms with Crippen LogP contribution in [0.15, 0.2) is 34.0 Å². The Balaban J connectivity index is 1.64. The highest BCUT2D eigenvalue weighted by molar-refractivity contribution is 8.33. The van der Waals surface area contributed by atoms with Crippen LogP contribution in [0.2, 0.25) is 0 Å². The zero-order valence-corrected chi connectivity index (χ0v) is 35.2. The fourth-order valence-electron chi connectivity index (χ4n) is 7.01. The molecule has 3 unspecified atom stereocenters. The van der Waals surface area contributed by atoms with Crippen LogP contribution < -0.4 is 15.9 Å². The molecule has 2 amide bonds. The lowest BCUT2D eigenvalue weighted by atomic mass is 9.88. The van der Waals surface area contributed by atoms with Crippen molar-refractivity contribution in [3.05, 3.63) is 57.2 Å². The average molecular weight is 794 g/mol. The highest BCUT2D eigenvalue weighted by atomic mass is 32.3. The normalized spacial score (nSPS) is 18.4. The Morgan fingerprint density at radius 1 is 1.09 bits per heavy atom. The summed E-state index contributed by atoms with van der Waals surface area (Å²) in [6, 6.07) is 7.18. The van der Waals surface area contributed by atoms with Crippen LogP contribution in [0, 0.1) is 17.8 Å². The zero-order chi connectivity index (χ0) is 41.7. The first-order valence-electron chi connectivity index (χ1n) is 18.6. The van der Waals surface area contributed by atoms with E-state index >= 15 is 0 Å². The largest absolute Gasteiger partial charge is 0.505 e. The minimum Gasteiger partial charge on any atom is -0.459 e. The summed E-state index contributed by atoms with van der Waals surface area (Å²) < 4.78 is 23.9. The van der Waals surface area contributed by atoms with E-state index in [1.54, 1.807) is 58.2 Å². The quantitative estimate of drug-likeness (QED) is 0.0595. The molecule has 304 valence electrons. The lowest BCUT2D eigenvalue weighted by molar-refractivity contribution is -0.771. The van der Waals surface area contributed by atoms with Gasteiger partial charge in [0.25, 0.3) is 11.2 Å². The molecule has 4 atom stereocenters. The minimum absolute atomic E-state index is 0.135. The number of cyclic esters (lactones) is 1. The molecule has 0 radical (unpaired) electrons. The Hall–Kier alpha value is -4.46. The van der Waals surface area contributed by atoms with Gasteiger partial charge in [-0.3, -0.25) is 10.1 Å². The van der Waals surface area contributed by atoms with Crippen molar-refractivity contribution >= 4 is 44.8 Å². The zero-order valence-electron chi connectivity index (χ0n) is 34.4. The SMILES string of the molecule is CC#C[C@@]1(OC(O)CC[NH+]([NH-])C(=O)OC(C)(C)C)C(=O)OCc2c1cc1n(c2=O)Cc2c-1nc1ccc(NC(=O)OC(C)(C)C)cc1c2S(C)(C)C(C)C(C)C. The number of nitrogens with zero attached hydrogens (tertiary/aromatic N) is 2. The lowest BCUT2D eigenvalue weighted by Gasteiger charge is -2.42. The molecular weight excluding hydrogens is 739 g/mol. The number of carbonyl (C=O) groups excluding carboxylic acids is 3. The topological polar surface area (TPSA) is 184 Å². The first-order valence-corrected chi connectivity index (χ1v) is 21.2. The summed E-state index contributed by atoms with van der Waals surface area (Å²) in [5.74, 6) is 13.1. The molecule has 3 aromatic rings. The summed E-state index contributed by atoms with van der Waals surface area (Å²) in [5.41, 5.74) is -0.731. The maximum absolute atomic E-state index is 14.5. The van der Waals surface area contributed by atoms with E-state index in [2.05, 4.69) is 50.4 Å². The first kappa shape index (κ1) is 42.7. The van der Waals surface area contributed by atoms with Crippen LogP contribution in [0.25, 0.3) is 28.1 Å². The number of rotatable bonds is 9. The van der Waals surface area contributed by atoms with Crippen molar-refractivity contribution in [3.8, 4) is 23.2 Å². The van der Waals surface area contributed by atoms with Gasteiger partial charge in [-0.15, -0.1) is 5.92 Å². The van der Waals surface area contributed by atoms with Crippen LogP contribution in [0.3, 0.4) is 0 Å². The number of esters is 1. The van der Waals surface area contributed by atoms with Crippen molar-refractivity contribution in [1.29, 1.82) is 0 Å². The van der Waals surface area contributed by atoms with Crippen LogP contribution >= 0.6 is 10.0 Å². The number of hydrogen-bond acceptors (Lipinski definition) is 10. The number of aliphatic hydroxyl groups is 1. The number of carbonyl (C=O) groups is 3. The van der Waals surface area contributed by atoms with E-state index in [0.717, 1.165) is 15.8 Å². The fourth-order valence-corrected chi connectivity index (χ4v) is 10.3. The Morgan fingerprint density at radius 2 is 1.75 bits per heavy atom. The second kappa shape index (κ2) is 15.5. The van der Waals surface area contributed by atoms with Crippen LogP contribution in [0.5, 0.6) is 0 Å². The summed E-state index contributed by atoms with van der Waals surface area (Å²) in [7, 11) is -1.61. The smallest absolute Gasteiger partial charge is 0.459 e. The molecule has 0 spiro atoms. The number of aliphatic hydroxyl groups excluding tert-OH is 1. The molecule has 0 bridgehead atoms. The van der Waals surface area contributed by atoms with Gasteiger partial charge >= 0.3 is 18.2 Å². The van der Waals surface area contributed by atoms with E-state index in [1.807, 2.05) is 12.1 Å². The number of amides is 2. The van der Waals surface area contributed by atoms with Gasteiger partial charge in [0.15, 0.2) is 6.29 Å². The Labute approximate surface area is 329 Å². The van der Waals surface area contributed by atoms with Crippen molar-refractivity contribution in [2.24, 2.45) is 5.92 Å². The summed E-state index contributed by atoms with van der Waals surface area (Å²) in [4.78, 5) is 59.6. The van der Waals surface area contributed by atoms with Gasteiger partial charge in [-0.1, -0.05) is 26.7 Å². The molecule has 0 saturated heterocycles. The molecule has 4 heterocycles. The number of benzene rings is 1. The number of quaternary nitrogens is 1. The third-order valence-corrected chi connectivity index (χ3v) is 13.9. The fraction of sp³-hybridized carbons (Fsp3) is 0.537. The van der Waals surface area contributed by atoms with Gasteiger partial charge in [0.2, 0.25) is 0 Å². The monoisotopic (exact) mass is 793 g/mol. The highest BCUT2D eigenvalue weighted by Crippen LogP contribution is 2.61. The van der Waals surface area contributed by atoms with E-state index in [1.165, 1.54) is 6.92 Å². The van der Waals surface area contributed by atoms with E-state index in [9.17, 15) is 24.3 Å². The lowest BCUT2D eigenvalue weighted by Crippen LogP contribution is -3.08. The molecular formula is C41H55N5O9S. The van der Waals surface area contributed by atoms with Gasteiger partial charge < -0.3 is 39.5 Å². The predicted molar refractivity (Wildman–Crippen MR) is 215 cm³/mol. The van der Waals surface area contributed by atoms with Gasteiger partial charge in [0.1, 0.15) is 17.8 Å². The molecule has 56 heavy (non-hydrogen) atoms. The van der Waals surface area contributed by atoms with Crippen molar-refractivity contribution in [2.45, 2.75) is 122 Å². The minimum atomic E-state index is -2.19. The number of fused-ring (bicyclic) bond motifs is 5. The van der Waals surface area contributed by atoms with Gasteiger partial charge in [-0.2, -0.15) is 4.79 Å². The van der Waals surface area contributed by atoms with E-state index in [4.69, 9.17) is 29.8 Å². The molecule has 0 aliphatic carbocycles. The number of aromatic nitrogens is 2. The third-order valence-electron chi connectivity index (χ3n) is 9.95. The molecule has 15 heteroatoms. The van der Waals surface area contributed by atoms with E-state index < -0.39 is 56.8 Å².